The predicted molar refractivity (Wildman–Crippen MR) is 146 cm³/mol. The normalized spacial score (nSPS) is 17.2. The largest absolute Gasteiger partial charge is 0.376 e. The lowest BCUT2D eigenvalue weighted by Crippen LogP contribution is -2.43. The number of carbonyl (C=O) groups excluding carboxylic acids is 1. The molecule has 3 aromatic carbocycles. The molecule has 5 nitrogen and oxygen atoms in total. The number of nitrogens with one attached hydrogen (secondary N) is 1. The number of piperidine rings is 2. The standard InChI is InChI=1S/C32H35N3O2/c33-22-25-9-11-27(12-10-25)28-19-26(20-29(21-28)31(36)35-17-5-2-6-18-35)23-37-24-32(13-15-34-16-14-32)30-7-3-1-4-8-30/h1,3-4,7-12,19-21,34H,2,5-6,13-18,23-24H2. The van der Waals surface area contributed by atoms with Crippen LogP contribution in [0.15, 0.2) is 72.8 Å². The molecule has 5 rings (SSSR count). The fraction of sp³-hybridized carbons (Fsp3) is 0.375. The van der Waals surface area contributed by atoms with E-state index in [1.807, 2.05) is 41.3 Å². The van der Waals surface area contributed by atoms with Gasteiger partial charge < -0.3 is 15.0 Å². The van der Waals surface area contributed by atoms with E-state index in [1.165, 1.54) is 12.0 Å². The average Bonchev–Trinajstić information content (AvgIpc) is 2.98. The smallest absolute Gasteiger partial charge is 0.253 e. The second-order valence-electron chi connectivity index (χ2n) is 10.3. The summed E-state index contributed by atoms with van der Waals surface area (Å²) in [6.07, 6.45) is 5.40. The van der Waals surface area contributed by atoms with E-state index in [4.69, 9.17) is 4.74 Å². The number of nitrogens with zero attached hydrogens (tertiary/aromatic N) is 2. The molecule has 2 aliphatic heterocycles. The number of nitriles is 1. The molecule has 2 fully saturated rings. The van der Waals surface area contributed by atoms with Gasteiger partial charge in [0.15, 0.2) is 0 Å². The molecule has 190 valence electrons. The van der Waals surface area contributed by atoms with Crippen molar-refractivity contribution in [2.45, 2.75) is 44.1 Å². The van der Waals surface area contributed by atoms with Crippen LogP contribution in [0.3, 0.4) is 0 Å². The van der Waals surface area contributed by atoms with Crippen LogP contribution in [0.25, 0.3) is 11.1 Å². The van der Waals surface area contributed by atoms with Crippen LogP contribution in [0.4, 0.5) is 0 Å². The Morgan fingerprint density at radius 3 is 2.35 bits per heavy atom. The molecule has 0 atom stereocenters. The summed E-state index contributed by atoms with van der Waals surface area (Å²) in [6.45, 7) is 4.71. The molecular formula is C32H35N3O2. The molecule has 2 heterocycles. The Morgan fingerprint density at radius 1 is 0.919 bits per heavy atom. The van der Waals surface area contributed by atoms with Crippen molar-refractivity contribution in [3.05, 3.63) is 95.1 Å². The molecule has 37 heavy (non-hydrogen) atoms. The molecule has 3 aromatic rings. The van der Waals surface area contributed by atoms with Gasteiger partial charge in [-0.3, -0.25) is 4.79 Å². The minimum absolute atomic E-state index is 0.00367. The zero-order valence-corrected chi connectivity index (χ0v) is 21.4. The minimum Gasteiger partial charge on any atom is -0.376 e. The highest BCUT2D eigenvalue weighted by Gasteiger charge is 2.34. The monoisotopic (exact) mass is 493 g/mol. The number of benzene rings is 3. The zero-order chi connectivity index (χ0) is 25.5. The van der Waals surface area contributed by atoms with Gasteiger partial charge in [0, 0.05) is 24.1 Å². The third-order valence-corrected chi connectivity index (χ3v) is 7.82. The van der Waals surface area contributed by atoms with Gasteiger partial charge in [0.25, 0.3) is 5.91 Å². The predicted octanol–water partition coefficient (Wildman–Crippen LogP) is 5.69. The van der Waals surface area contributed by atoms with Gasteiger partial charge in [0.05, 0.1) is 24.8 Å². The summed E-state index contributed by atoms with van der Waals surface area (Å²) in [5.74, 6) is 0.0931. The Balaban J connectivity index is 1.39. The molecule has 0 saturated carbocycles. The van der Waals surface area contributed by atoms with Crippen molar-refractivity contribution in [3.8, 4) is 17.2 Å². The maximum Gasteiger partial charge on any atom is 0.253 e. The summed E-state index contributed by atoms with van der Waals surface area (Å²) in [4.78, 5) is 15.4. The zero-order valence-electron chi connectivity index (χ0n) is 21.4. The van der Waals surface area contributed by atoms with Gasteiger partial charge in [-0.1, -0.05) is 42.5 Å². The third kappa shape index (κ3) is 5.93. The van der Waals surface area contributed by atoms with Crippen LogP contribution in [-0.2, 0) is 16.8 Å². The molecule has 5 heteroatoms. The first-order valence-electron chi connectivity index (χ1n) is 13.4. The Morgan fingerprint density at radius 2 is 1.65 bits per heavy atom. The number of hydrogen-bond donors (Lipinski definition) is 1. The molecule has 0 unspecified atom stereocenters. The van der Waals surface area contributed by atoms with E-state index in [9.17, 15) is 10.1 Å². The Bertz CT molecular complexity index is 1240. The molecule has 0 aromatic heterocycles. The van der Waals surface area contributed by atoms with Gasteiger partial charge in [-0.05, 0) is 97.8 Å². The van der Waals surface area contributed by atoms with Crippen LogP contribution >= 0.6 is 0 Å². The fourth-order valence-electron chi connectivity index (χ4n) is 5.66. The lowest BCUT2D eigenvalue weighted by atomic mass is 9.74. The van der Waals surface area contributed by atoms with Crippen LogP contribution in [0.1, 0.15) is 59.2 Å². The molecule has 1 amide bonds. The Labute approximate surface area is 220 Å². The summed E-state index contributed by atoms with van der Waals surface area (Å²) >= 11 is 0. The number of amides is 1. The first-order valence-corrected chi connectivity index (χ1v) is 13.4. The van der Waals surface area contributed by atoms with Crippen molar-refractivity contribution in [1.82, 2.24) is 10.2 Å². The van der Waals surface area contributed by atoms with Crippen LogP contribution in [0.2, 0.25) is 0 Å². The lowest BCUT2D eigenvalue weighted by molar-refractivity contribution is 0.0564. The Hall–Kier alpha value is -3.46. The molecule has 1 N–H and O–H groups in total. The van der Waals surface area contributed by atoms with Crippen molar-refractivity contribution >= 4 is 5.91 Å². The highest BCUT2D eigenvalue weighted by atomic mass is 16.5. The number of hydrogen-bond acceptors (Lipinski definition) is 4. The van der Waals surface area contributed by atoms with Crippen molar-refractivity contribution in [2.75, 3.05) is 32.8 Å². The van der Waals surface area contributed by atoms with Gasteiger partial charge in [-0.2, -0.15) is 5.26 Å². The summed E-state index contributed by atoms with van der Waals surface area (Å²) in [6, 6.07) is 26.6. The number of rotatable bonds is 7. The van der Waals surface area contributed by atoms with E-state index in [1.54, 1.807) is 0 Å². The van der Waals surface area contributed by atoms with Crippen LogP contribution in [0, 0.1) is 11.3 Å². The molecule has 2 aliphatic rings. The second kappa shape index (κ2) is 11.7. The first-order chi connectivity index (χ1) is 18.2. The highest BCUT2D eigenvalue weighted by Crippen LogP contribution is 2.34. The van der Waals surface area contributed by atoms with Crippen LogP contribution in [-0.4, -0.2) is 43.6 Å². The van der Waals surface area contributed by atoms with Crippen LogP contribution < -0.4 is 5.32 Å². The summed E-state index contributed by atoms with van der Waals surface area (Å²) < 4.78 is 6.43. The molecule has 0 aliphatic carbocycles. The second-order valence-corrected chi connectivity index (χ2v) is 10.3. The van der Waals surface area contributed by atoms with Gasteiger partial charge in [0.2, 0.25) is 0 Å². The van der Waals surface area contributed by atoms with Gasteiger partial charge in [-0.15, -0.1) is 0 Å². The average molecular weight is 494 g/mol. The van der Waals surface area contributed by atoms with Gasteiger partial charge >= 0.3 is 0 Å². The van der Waals surface area contributed by atoms with E-state index in [2.05, 4.69) is 47.8 Å². The molecule has 0 bridgehead atoms. The molecular weight excluding hydrogens is 458 g/mol. The van der Waals surface area contributed by atoms with E-state index < -0.39 is 0 Å². The SMILES string of the molecule is N#Cc1ccc(-c2cc(COCC3(c4ccccc4)CCNCC3)cc(C(=O)N3CCCCC3)c2)cc1. The maximum absolute atomic E-state index is 13.4. The summed E-state index contributed by atoms with van der Waals surface area (Å²) in [5, 5.41) is 12.7. The molecule has 2 saturated heterocycles. The summed E-state index contributed by atoms with van der Waals surface area (Å²) in [5.41, 5.74) is 5.65. The van der Waals surface area contributed by atoms with E-state index in [-0.39, 0.29) is 11.3 Å². The minimum atomic E-state index is 0.00367. The fourth-order valence-corrected chi connectivity index (χ4v) is 5.66. The number of ether oxygens (including phenoxy) is 1. The maximum atomic E-state index is 13.4. The van der Waals surface area contributed by atoms with Gasteiger partial charge in [0.1, 0.15) is 0 Å². The highest BCUT2D eigenvalue weighted by molar-refractivity contribution is 5.96. The van der Waals surface area contributed by atoms with Crippen molar-refractivity contribution < 1.29 is 9.53 Å². The molecule has 0 radical (unpaired) electrons. The first kappa shape index (κ1) is 25.2. The van der Waals surface area contributed by atoms with Gasteiger partial charge in [-0.25, -0.2) is 0 Å². The third-order valence-electron chi connectivity index (χ3n) is 7.82. The summed E-state index contributed by atoms with van der Waals surface area (Å²) in [7, 11) is 0. The van der Waals surface area contributed by atoms with Crippen molar-refractivity contribution in [3.63, 3.8) is 0 Å². The molecule has 0 spiro atoms. The lowest BCUT2D eigenvalue weighted by Gasteiger charge is -2.38. The van der Waals surface area contributed by atoms with E-state index >= 15 is 0 Å². The Kier molecular flexibility index (Phi) is 7.99. The van der Waals surface area contributed by atoms with Crippen molar-refractivity contribution in [1.29, 1.82) is 5.26 Å². The number of carbonyl (C=O) groups is 1. The number of likely N-dealkylation sites (tertiary alicyclic amines) is 1. The van der Waals surface area contributed by atoms with E-state index in [0.717, 1.165) is 68.6 Å². The van der Waals surface area contributed by atoms with Crippen LogP contribution in [0.5, 0.6) is 0 Å². The van der Waals surface area contributed by atoms with Crippen molar-refractivity contribution in [2.24, 2.45) is 0 Å². The van der Waals surface area contributed by atoms with E-state index in [0.29, 0.717) is 24.3 Å². The quantitative estimate of drug-likeness (QED) is 0.459. The topological polar surface area (TPSA) is 65.4 Å².